The summed E-state index contributed by atoms with van der Waals surface area (Å²) in [6, 6.07) is 9.12. The van der Waals surface area contributed by atoms with Crippen molar-refractivity contribution in [1.29, 1.82) is 0 Å². The van der Waals surface area contributed by atoms with Crippen molar-refractivity contribution in [2.24, 2.45) is 0 Å². The summed E-state index contributed by atoms with van der Waals surface area (Å²) < 4.78 is 0. The molecule has 5 heteroatoms. The van der Waals surface area contributed by atoms with Gasteiger partial charge in [0.15, 0.2) is 0 Å². The second-order valence-corrected chi connectivity index (χ2v) is 6.80. The number of carboxylic acid groups (broad SMARTS) is 1. The fourth-order valence-electron chi connectivity index (χ4n) is 2.99. The third-order valence-electron chi connectivity index (χ3n) is 4.50. The molecule has 0 saturated carbocycles. The normalized spacial score (nSPS) is 11.7. The summed E-state index contributed by atoms with van der Waals surface area (Å²) in [5.74, 6) is -0.0195. The van der Waals surface area contributed by atoms with Gasteiger partial charge < -0.3 is 15.7 Å². The standard InChI is InChI=1S/C21H34N2O3/c1-2-3-4-5-6-7-8-9-13-16-20(24)23-19(17-22-21(25)26)18-14-11-10-12-15-18/h10-12,14-15,19,22H,2-9,13,16-17H2,1H3,(H,23,24)(H,25,26). The molecular weight excluding hydrogens is 328 g/mol. The van der Waals surface area contributed by atoms with Crippen LogP contribution in [0.4, 0.5) is 4.79 Å². The predicted octanol–water partition coefficient (Wildman–Crippen LogP) is 5.03. The van der Waals surface area contributed by atoms with Crippen LogP contribution in [0, 0.1) is 0 Å². The Morgan fingerprint density at radius 3 is 2.08 bits per heavy atom. The zero-order valence-electron chi connectivity index (χ0n) is 16.0. The van der Waals surface area contributed by atoms with Crippen LogP contribution in [0.15, 0.2) is 30.3 Å². The summed E-state index contributed by atoms with van der Waals surface area (Å²) in [6.45, 7) is 2.40. The zero-order valence-corrected chi connectivity index (χ0v) is 16.0. The number of carbonyl (C=O) groups excluding carboxylic acids is 1. The molecular formula is C21H34N2O3. The van der Waals surface area contributed by atoms with Crippen molar-refractivity contribution in [3.05, 3.63) is 35.9 Å². The topological polar surface area (TPSA) is 78.4 Å². The Balaban J connectivity index is 2.24. The molecule has 0 saturated heterocycles. The van der Waals surface area contributed by atoms with Crippen LogP contribution in [0.5, 0.6) is 0 Å². The third kappa shape index (κ3) is 10.7. The lowest BCUT2D eigenvalue weighted by atomic mass is 10.1. The average Bonchev–Trinajstić information content (AvgIpc) is 2.64. The lowest BCUT2D eigenvalue weighted by molar-refractivity contribution is -0.122. The molecule has 0 bridgehead atoms. The molecule has 0 aliphatic rings. The van der Waals surface area contributed by atoms with Gasteiger partial charge in [0.25, 0.3) is 0 Å². The van der Waals surface area contributed by atoms with Crippen LogP contribution in [0.2, 0.25) is 0 Å². The largest absolute Gasteiger partial charge is 0.465 e. The smallest absolute Gasteiger partial charge is 0.404 e. The summed E-state index contributed by atoms with van der Waals surface area (Å²) in [7, 11) is 0. The minimum Gasteiger partial charge on any atom is -0.465 e. The van der Waals surface area contributed by atoms with Crippen LogP contribution in [0.3, 0.4) is 0 Å². The van der Waals surface area contributed by atoms with E-state index in [0.29, 0.717) is 6.42 Å². The molecule has 1 aromatic rings. The van der Waals surface area contributed by atoms with Gasteiger partial charge in [0.05, 0.1) is 6.04 Å². The van der Waals surface area contributed by atoms with E-state index >= 15 is 0 Å². The monoisotopic (exact) mass is 362 g/mol. The second kappa shape index (κ2) is 14.2. The fourth-order valence-corrected chi connectivity index (χ4v) is 2.99. The minimum absolute atomic E-state index is 0.0195. The van der Waals surface area contributed by atoms with Gasteiger partial charge in [0.1, 0.15) is 0 Å². The molecule has 2 amide bonds. The molecule has 1 aromatic carbocycles. The summed E-state index contributed by atoms with van der Waals surface area (Å²) in [4.78, 5) is 22.9. The van der Waals surface area contributed by atoms with E-state index in [-0.39, 0.29) is 18.5 Å². The number of rotatable bonds is 14. The molecule has 0 aromatic heterocycles. The van der Waals surface area contributed by atoms with Crippen molar-refractivity contribution in [3.63, 3.8) is 0 Å². The molecule has 26 heavy (non-hydrogen) atoms. The molecule has 1 atom stereocenters. The van der Waals surface area contributed by atoms with Crippen molar-refractivity contribution in [3.8, 4) is 0 Å². The van der Waals surface area contributed by atoms with Crippen LogP contribution in [-0.2, 0) is 4.79 Å². The van der Waals surface area contributed by atoms with E-state index in [4.69, 9.17) is 5.11 Å². The van der Waals surface area contributed by atoms with Gasteiger partial charge in [-0.2, -0.15) is 0 Å². The average molecular weight is 363 g/mol. The van der Waals surface area contributed by atoms with E-state index in [1.165, 1.54) is 44.9 Å². The van der Waals surface area contributed by atoms with Gasteiger partial charge in [-0.05, 0) is 12.0 Å². The van der Waals surface area contributed by atoms with E-state index in [1.54, 1.807) is 0 Å². The first-order chi connectivity index (χ1) is 12.6. The van der Waals surface area contributed by atoms with E-state index in [1.807, 2.05) is 30.3 Å². The van der Waals surface area contributed by atoms with Gasteiger partial charge in [-0.25, -0.2) is 4.79 Å². The lowest BCUT2D eigenvalue weighted by Crippen LogP contribution is -2.37. The van der Waals surface area contributed by atoms with Crippen LogP contribution >= 0.6 is 0 Å². The molecule has 0 heterocycles. The van der Waals surface area contributed by atoms with E-state index in [2.05, 4.69) is 17.6 Å². The highest BCUT2D eigenvalue weighted by molar-refractivity contribution is 5.76. The number of hydrogen-bond acceptors (Lipinski definition) is 2. The molecule has 5 nitrogen and oxygen atoms in total. The Morgan fingerprint density at radius 2 is 1.50 bits per heavy atom. The summed E-state index contributed by atoms with van der Waals surface area (Å²) in [5, 5.41) is 14.1. The number of benzene rings is 1. The predicted molar refractivity (Wildman–Crippen MR) is 105 cm³/mol. The highest BCUT2D eigenvalue weighted by Crippen LogP contribution is 2.13. The number of unbranched alkanes of at least 4 members (excludes halogenated alkanes) is 8. The van der Waals surface area contributed by atoms with Gasteiger partial charge >= 0.3 is 6.09 Å². The van der Waals surface area contributed by atoms with Crippen molar-refractivity contribution in [2.45, 2.75) is 77.2 Å². The van der Waals surface area contributed by atoms with Gasteiger partial charge in [-0.1, -0.05) is 88.6 Å². The Kier molecular flexibility index (Phi) is 12.0. The highest BCUT2D eigenvalue weighted by Gasteiger charge is 2.15. The maximum Gasteiger partial charge on any atom is 0.404 e. The van der Waals surface area contributed by atoms with Crippen LogP contribution in [-0.4, -0.2) is 23.7 Å². The maximum atomic E-state index is 12.2. The van der Waals surface area contributed by atoms with E-state index < -0.39 is 6.09 Å². The van der Waals surface area contributed by atoms with Crippen molar-refractivity contribution >= 4 is 12.0 Å². The molecule has 146 valence electrons. The Hall–Kier alpha value is -2.04. The second-order valence-electron chi connectivity index (χ2n) is 6.80. The highest BCUT2D eigenvalue weighted by atomic mass is 16.4. The van der Waals surface area contributed by atoms with E-state index in [9.17, 15) is 9.59 Å². The summed E-state index contributed by atoms with van der Waals surface area (Å²) in [5.41, 5.74) is 0.904. The first kappa shape index (κ1) is 22.0. The number of nitrogens with one attached hydrogen (secondary N) is 2. The summed E-state index contributed by atoms with van der Waals surface area (Å²) in [6.07, 6.45) is 10.4. The molecule has 0 radical (unpaired) electrons. The van der Waals surface area contributed by atoms with Gasteiger partial charge in [-0.3, -0.25) is 4.79 Å². The lowest BCUT2D eigenvalue weighted by Gasteiger charge is -2.19. The van der Waals surface area contributed by atoms with Crippen LogP contribution in [0.1, 0.15) is 82.7 Å². The summed E-state index contributed by atoms with van der Waals surface area (Å²) >= 11 is 0. The Bertz CT molecular complexity index is 505. The van der Waals surface area contributed by atoms with Crippen molar-refractivity contribution in [2.75, 3.05) is 6.54 Å². The quantitative estimate of drug-likeness (QED) is 0.406. The third-order valence-corrected chi connectivity index (χ3v) is 4.50. The molecule has 1 unspecified atom stereocenters. The first-order valence-corrected chi connectivity index (χ1v) is 9.94. The van der Waals surface area contributed by atoms with Crippen molar-refractivity contribution in [1.82, 2.24) is 10.6 Å². The molecule has 0 spiro atoms. The Morgan fingerprint density at radius 1 is 0.923 bits per heavy atom. The number of carbonyl (C=O) groups is 2. The van der Waals surface area contributed by atoms with Crippen molar-refractivity contribution < 1.29 is 14.7 Å². The molecule has 0 aliphatic carbocycles. The van der Waals surface area contributed by atoms with Gasteiger partial charge in [0, 0.05) is 13.0 Å². The van der Waals surface area contributed by atoms with Crippen LogP contribution < -0.4 is 10.6 Å². The van der Waals surface area contributed by atoms with Gasteiger partial charge in [0.2, 0.25) is 5.91 Å². The number of hydrogen-bond donors (Lipinski definition) is 3. The minimum atomic E-state index is -1.08. The molecule has 3 N–H and O–H groups in total. The van der Waals surface area contributed by atoms with Crippen LogP contribution in [0.25, 0.3) is 0 Å². The van der Waals surface area contributed by atoms with Gasteiger partial charge in [-0.15, -0.1) is 0 Å². The zero-order chi connectivity index (χ0) is 19.0. The maximum absolute atomic E-state index is 12.2. The molecule has 1 rings (SSSR count). The Labute approximate surface area is 157 Å². The number of amides is 2. The SMILES string of the molecule is CCCCCCCCCCCC(=O)NC(CNC(=O)O)c1ccccc1. The first-order valence-electron chi connectivity index (χ1n) is 9.94. The van der Waals surface area contributed by atoms with E-state index in [0.717, 1.165) is 18.4 Å². The fraction of sp³-hybridized carbons (Fsp3) is 0.619. The molecule has 0 aliphatic heterocycles. The molecule has 0 fully saturated rings.